The van der Waals surface area contributed by atoms with Crippen LogP contribution in [0.3, 0.4) is 0 Å². The Morgan fingerprint density at radius 3 is 2.45 bits per heavy atom. The summed E-state index contributed by atoms with van der Waals surface area (Å²) in [4.78, 5) is 10.9. The zero-order valence-electron chi connectivity index (χ0n) is 17.1. The van der Waals surface area contributed by atoms with E-state index in [4.69, 9.17) is 0 Å². The lowest BCUT2D eigenvalue weighted by Gasteiger charge is -2.30. The molecule has 0 unspecified atom stereocenters. The van der Waals surface area contributed by atoms with Crippen molar-refractivity contribution in [2.45, 2.75) is 57.4 Å². The highest BCUT2D eigenvalue weighted by molar-refractivity contribution is 5.47. The molecule has 0 amide bonds. The summed E-state index contributed by atoms with van der Waals surface area (Å²) in [6, 6.07) is 6.13. The normalized spacial score (nSPS) is 19.8. The number of hydrogen-bond donors (Lipinski definition) is 2. The molecule has 1 heterocycles. The van der Waals surface area contributed by atoms with Crippen LogP contribution in [0.1, 0.15) is 42.4 Å². The Morgan fingerprint density at radius 2 is 1.79 bits per heavy atom. The van der Waals surface area contributed by atoms with Crippen LogP contribution in [0.5, 0.6) is 0 Å². The molecule has 0 spiro atoms. The number of nitrogens with one attached hydrogen (secondary N) is 2. The third kappa shape index (κ3) is 5.82. The van der Waals surface area contributed by atoms with Crippen LogP contribution in [-0.2, 0) is 12.7 Å². The largest absolute Gasteiger partial charge is 0.416 e. The van der Waals surface area contributed by atoms with E-state index < -0.39 is 11.7 Å². The van der Waals surface area contributed by atoms with Crippen molar-refractivity contribution in [1.29, 1.82) is 0 Å². The standard InChI is InChI=1S/C21H28F3N5/c1-14-12-26-20(28-19(14)29(2)3)27-18-9-7-17(8-10-18)25-13-15-5-4-6-16(11-15)21(22,23)24/h4-6,11-12,17-18,25H,7-10,13H2,1-3H3,(H,26,27,28). The smallest absolute Gasteiger partial charge is 0.362 e. The lowest BCUT2D eigenvalue weighted by molar-refractivity contribution is -0.137. The summed E-state index contributed by atoms with van der Waals surface area (Å²) in [5, 5.41) is 6.82. The summed E-state index contributed by atoms with van der Waals surface area (Å²) in [6.07, 6.45) is 1.38. The maximum absolute atomic E-state index is 12.8. The van der Waals surface area contributed by atoms with Gasteiger partial charge in [-0.2, -0.15) is 18.2 Å². The van der Waals surface area contributed by atoms with Gasteiger partial charge in [-0.15, -0.1) is 0 Å². The first kappa shape index (κ1) is 21.4. The van der Waals surface area contributed by atoms with Gasteiger partial charge in [0, 0.05) is 44.5 Å². The van der Waals surface area contributed by atoms with Crippen molar-refractivity contribution in [3.05, 3.63) is 47.2 Å². The van der Waals surface area contributed by atoms with Crippen LogP contribution in [0, 0.1) is 6.92 Å². The number of aromatic nitrogens is 2. The van der Waals surface area contributed by atoms with Crippen LogP contribution in [0.2, 0.25) is 0 Å². The molecule has 1 saturated carbocycles. The molecule has 0 radical (unpaired) electrons. The molecule has 0 atom stereocenters. The summed E-state index contributed by atoms with van der Waals surface area (Å²) in [5.74, 6) is 1.54. The minimum atomic E-state index is -4.30. The highest BCUT2D eigenvalue weighted by Crippen LogP contribution is 2.29. The Hall–Kier alpha value is -2.35. The number of aryl methyl sites for hydroxylation is 1. The maximum Gasteiger partial charge on any atom is 0.416 e. The second-order valence-electron chi connectivity index (χ2n) is 7.87. The molecule has 0 saturated heterocycles. The van der Waals surface area contributed by atoms with E-state index in [2.05, 4.69) is 20.6 Å². The zero-order chi connectivity index (χ0) is 21.0. The first-order valence-corrected chi connectivity index (χ1v) is 9.89. The van der Waals surface area contributed by atoms with E-state index in [-0.39, 0.29) is 0 Å². The molecule has 1 aliphatic rings. The first-order chi connectivity index (χ1) is 13.7. The third-order valence-electron chi connectivity index (χ3n) is 5.28. The quantitative estimate of drug-likeness (QED) is 0.744. The lowest BCUT2D eigenvalue weighted by atomic mass is 9.91. The zero-order valence-corrected chi connectivity index (χ0v) is 17.1. The molecule has 5 nitrogen and oxygen atoms in total. The molecule has 2 N–H and O–H groups in total. The van der Waals surface area contributed by atoms with E-state index in [9.17, 15) is 13.2 Å². The molecule has 1 aromatic carbocycles. The fourth-order valence-corrected chi connectivity index (χ4v) is 3.70. The number of nitrogens with zero attached hydrogens (tertiary/aromatic N) is 3. The number of halogens is 3. The molecule has 158 valence electrons. The van der Waals surface area contributed by atoms with E-state index in [0.29, 0.717) is 30.1 Å². The van der Waals surface area contributed by atoms with Crippen LogP contribution in [0.15, 0.2) is 30.5 Å². The van der Waals surface area contributed by atoms with Gasteiger partial charge in [-0.05, 0) is 44.2 Å². The highest BCUT2D eigenvalue weighted by atomic mass is 19.4. The van der Waals surface area contributed by atoms with Crippen molar-refractivity contribution >= 4 is 11.8 Å². The summed E-state index contributed by atoms with van der Waals surface area (Å²) < 4.78 is 38.5. The van der Waals surface area contributed by atoms with Crippen LogP contribution in [-0.4, -0.2) is 36.1 Å². The minimum absolute atomic E-state index is 0.305. The van der Waals surface area contributed by atoms with E-state index >= 15 is 0 Å². The fourth-order valence-electron chi connectivity index (χ4n) is 3.70. The monoisotopic (exact) mass is 407 g/mol. The third-order valence-corrected chi connectivity index (χ3v) is 5.28. The van der Waals surface area contributed by atoms with Crippen LogP contribution in [0.25, 0.3) is 0 Å². The van der Waals surface area contributed by atoms with Gasteiger partial charge >= 0.3 is 6.18 Å². The number of alkyl halides is 3. The predicted molar refractivity (Wildman–Crippen MR) is 109 cm³/mol. The van der Waals surface area contributed by atoms with E-state index in [0.717, 1.165) is 43.1 Å². The van der Waals surface area contributed by atoms with Crippen molar-refractivity contribution in [1.82, 2.24) is 15.3 Å². The van der Waals surface area contributed by atoms with Gasteiger partial charge in [0.15, 0.2) is 0 Å². The summed E-state index contributed by atoms with van der Waals surface area (Å²) in [6.45, 7) is 2.43. The first-order valence-electron chi connectivity index (χ1n) is 9.89. The lowest BCUT2D eigenvalue weighted by Crippen LogP contribution is -2.37. The molecular formula is C21H28F3N5. The Labute approximate surface area is 169 Å². The number of rotatable bonds is 6. The van der Waals surface area contributed by atoms with Crippen molar-refractivity contribution in [3.63, 3.8) is 0 Å². The molecule has 1 aliphatic carbocycles. The minimum Gasteiger partial charge on any atom is -0.362 e. The Morgan fingerprint density at radius 1 is 1.10 bits per heavy atom. The Bertz CT molecular complexity index is 814. The molecule has 8 heteroatoms. The van der Waals surface area contributed by atoms with Gasteiger partial charge in [0.05, 0.1) is 5.56 Å². The SMILES string of the molecule is Cc1cnc(NC2CCC(NCc3cccc(C(F)(F)F)c3)CC2)nc1N(C)C. The maximum atomic E-state index is 12.8. The molecular weight excluding hydrogens is 379 g/mol. The second kappa shape index (κ2) is 8.98. The molecule has 0 aliphatic heterocycles. The van der Waals surface area contributed by atoms with Crippen molar-refractivity contribution in [3.8, 4) is 0 Å². The number of hydrogen-bond acceptors (Lipinski definition) is 5. The fraction of sp³-hybridized carbons (Fsp3) is 0.524. The average molecular weight is 407 g/mol. The summed E-state index contributed by atoms with van der Waals surface area (Å²) >= 11 is 0. The topological polar surface area (TPSA) is 53.1 Å². The molecule has 2 aromatic rings. The van der Waals surface area contributed by atoms with Gasteiger partial charge in [-0.25, -0.2) is 4.98 Å². The van der Waals surface area contributed by atoms with Gasteiger partial charge in [-0.3, -0.25) is 0 Å². The Kier molecular flexibility index (Phi) is 6.62. The van der Waals surface area contributed by atoms with E-state index in [1.807, 2.05) is 32.1 Å². The van der Waals surface area contributed by atoms with E-state index in [1.165, 1.54) is 12.1 Å². The van der Waals surface area contributed by atoms with Gasteiger partial charge < -0.3 is 15.5 Å². The number of benzene rings is 1. The molecule has 3 rings (SSSR count). The van der Waals surface area contributed by atoms with Crippen LogP contribution < -0.4 is 15.5 Å². The van der Waals surface area contributed by atoms with Crippen molar-refractivity contribution in [2.75, 3.05) is 24.3 Å². The summed E-state index contributed by atoms with van der Waals surface area (Å²) in [7, 11) is 3.92. The van der Waals surface area contributed by atoms with Crippen molar-refractivity contribution in [2.24, 2.45) is 0 Å². The van der Waals surface area contributed by atoms with Crippen LogP contribution >= 0.6 is 0 Å². The second-order valence-corrected chi connectivity index (χ2v) is 7.87. The van der Waals surface area contributed by atoms with Crippen molar-refractivity contribution < 1.29 is 13.2 Å². The Balaban J connectivity index is 1.48. The molecule has 1 fully saturated rings. The van der Waals surface area contributed by atoms with E-state index in [1.54, 1.807) is 6.07 Å². The van der Waals surface area contributed by atoms with Gasteiger partial charge in [0.2, 0.25) is 5.95 Å². The van der Waals surface area contributed by atoms with Crippen LogP contribution in [0.4, 0.5) is 24.9 Å². The average Bonchev–Trinajstić information content (AvgIpc) is 2.68. The van der Waals surface area contributed by atoms with Gasteiger partial charge in [-0.1, -0.05) is 18.2 Å². The molecule has 0 bridgehead atoms. The molecule has 29 heavy (non-hydrogen) atoms. The molecule has 1 aromatic heterocycles. The van der Waals surface area contributed by atoms with Gasteiger partial charge in [0.25, 0.3) is 0 Å². The highest BCUT2D eigenvalue weighted by Gasteiger charge is 2.30. The predicted octanol–water partition coefficient (Wildman–Crippen LogP) is 4.38. The number of anilines is 2. The summed E-state index contributed by atoms with van der Waals surface area (Å²) in [5.41, 5.74) is 1.09. The van der Waals surface area contributed by atoms with Gasteiger partial charge in [0.1, 0.15) is 5.82 Å².